The van der Waals surface area contributed by atoms with Crippen LogP contribution in [0.1, 0.15) is 60.7 Å². The summed E-state index contributed by atoms with van der Waals surface area (Å²) >= 11 is 0. The van der Waals surface area contributed by atoms with E-state index in [0.29, 0.717) is 18.0 Å². The molecule has 0 aromatic heterocycles. The van der Waals surface area contributed by atoms with Crippen LogP contribution in [0.25, 0.3) is 0 Å². The van der Waals surface area contributed by atoms with Crippen molar-refractivity contribution < 1.29 is 14.7 Å². The lowest BCUT2D eigenvalue weighted by Crippen LogP contribution is -2.08. The smallest absolute Gasteiger partial charge is 0.336 e. The minimum absolute atomic E-state index is 0.0881. The van der Waals surface area contributed by atoms with Crippen LogP contribution in [-0.2, 0) is 0 Å². The third kappa shape index (κ3) is 7.36. The van der Waals surface area contributed by atoms with Crippen molar-refractivity contribution in [2.45, 2.75) is 46.1 Å². The van der Waals surface area contributed by atoms with Gasteiger partial charge in [0.15, 0.2) is 5.78 Å². The molecule has 19 heavy (non-hydrogen) atoms. The van der Waals surface area contributed by atoms with Crippen LogP contribution in [-0.4, -0.2) is 22.9 Å². The predicted octanol–water partition coefficient (Wildman–Crippen LogP) is 3.11. The summed E-state index contributed by atoms with van der Waals surface area (Å²) in [7, 11) is 0. The van der Waals surface area contributed by atoms with E-state index in [4.69, 9.17) is 10.8 Å². The molecule has 1 rings (SSSR count). The van der Waals surface area contributed by atoms with E-state index in [-0.39, 0.29) is 11.3 Å². The molecule has 0 heterocycles. The highest BCUT2D eigenvalue weighted by Gasteiger charge is 2.14. The zero-order valence-electron chi connectivity index (χ0n) is 11.8. The van der Waals surface area contributed by atoms with Crippen molar-refractivity contribution in [3.8, 4) is 0 Å². The Hall–Kier alpha value is -1.68. The highest BCUT2D eigenvalue weighted by atomic mass is 16.4. The number of carboxylic acid groups (broad SMARTS) is 1. The Labute approximate surface area is 114 Å². The van der Waals surface area contributed by atoms with Gasteiger partial charge in [0.2, 0.25) is 0 Å². The van der Waals surface area contributed by atoms with E-state index in [2.05, 4.69) is 0 Å². The van der Waals surface area contributed by atoms with Crippen LogP contribution >= 0.6 is 0 Å². The Kier molecular flexibility index (Phi) is 8.46. The molecule has 0 fully saturated rings. The maximum absolute atomic E-state index is 11.7. The molecule has 106 valence electrons. The number of rotatable bonds is 5. The number of carbonyl (C=O) groups excluding carboxylic acids is 1. The number of nitrogens with two attached hydrogens (primary N) is 1. The minimum atomic E-state index is -1.05. The van der Waals surface area contributed by atoms with Crippen molar-refractivity contribution in [2.24, 2.45) is 5.73 Å². The van der Waals surface area contributed by atoms with Gasteiger partial charge in [0, 0.05) is 12.0 Å². The van der Waals surface area contributed by atoms with E-state index in [1.165, 1.54) is 6.07 Å². The Balaban J connectivity index is 0.000000711. The Bertz CT molecular complexity index is 411. The summed E-state index contributed by atoms with van der Waals surface area (Å²) in [4.78, 5) is 22.5. The van der Waals surface area contributed by atoms with Crippen molar-refractivity contribution in [3.63, 3.8) is 0 Å². The van der Waals surface area contributed by atoms with Crippen LogP contribution < -0.4 is 5.73 Å². The molecule has 0 spiro atoms. The number of aromatic carboxylic acids is 1. The highest BCUT2D eigenvalue weighted by Crippen LogP contribution is 2.12. The van der Waals surface area contributed by atoms with Gasteiger partial charge in [-0.2, -0.15) is 0 Å². The fraction of sp³-hybridized carbons (Fsp3) is 0.467. The molecule has 3 N–H and O–H groups in total. The van der Waals surface area contributed by atoms with Crippen LogP contribution in [0.15, 0.2) is 24.3 Å². The summed E-state index contributed by atoms with van der Waals surface area (Å²) in [6.45, 7) is 5.89. The lowest BCUT2D eigenvalue weighted by Gasteiger charge is -2.03. The van der Waals surface area contributed by atoms with Crippen molar-refractivity contribution in [1.29, 1.82) is 0 Å². The number of hydrogen-bond acceptors (Lipinski definition) is 3. The van der Waals surface area contributed by atoms with E-state index in [9.17, 15) is 9.59 Å². The summed E-state index contributed by atoms with van der Waals surface area (Å²) in [5.41, 5.74) is 5.53. The van der Waals surface area contributed by atoms with E-state index in [0.717, 1.165) is 12.8 Å². The van der Waals surface area contributed by atoms with Crippen molar-refractivity contribution >= 4 is 11.8 Å². The SMILES string of the molecule is CC(C)N.CCCCC(=O)c1ccccc1C(=O)O. The molecule has 0 aliphatic rings. The van der Waals surface area contributed by atoms with Gasteiger partial charge in [-0.3, -0.25) is 4.79 Å². The number of ketones is 1. The molecule has 4 nitrogen and oxygen atoms in total. The van der Waals surface area contributed by atoms with Crippen LogP contribution in [0.4, 0.5) is 0 Å². The molecule has 1 aromatic carbocycles. The number of carbonyl (C=O) groups is 2. The average Bonchev–Trinajstić information content (AvgIpc) is 2.35. The monoisotopic (exact) mass is 265 g/mol. The normalized spacial score (nSPS) is 9.74. The molecule has 0 unspecified atom stereocenters. The first-order chi connectivity index (χ1) is 8.90. The molecule has 0 aliphatic carbocycles. The second kappa shape index (κ2) is 9.28. The topological polar surface area (TPSA) is 80.4 Å². The molecule has 0 amide bonds. The zero-order chi connectivity index (χ0) is 14.8. The fourth-order valence-electron chi connectivity index (χ4n) is 1.38. The third-order valence-electron chi connectivity index (χ3n) is 2.22. The lowest BCUT2D eigenvalue weighted by molar-refractivity contribution is 0.0691. The van der Waals surface area contributed by atoms with Crippen molar-refractivity contribution in [3.05, 3.63) is 35.4 Å². The van der Waals surface area contributed by atoms with Crippen LogP contribution in [0, 0.1) is 0 Å². The van der Waals surface area contributed by atoms with Gasteiger partial charge < -0.3 is 10.8 Å². The Morgan fingerprint density at radius 1 is 1.21 bits per heavy atom. The first-order valence-electron chi connectivity index (χ1n) is 6.51. The molecular weight excluding hydrogens is 242 g/mol. The number of Topliss-reactive ketones (excluding diaryl/α,β-unsaturated/α-hetero) is 1. The summed E-state index contributed by atoms with van der Waals surface area (Å²) in [6.07, 6.45) is 2.15. The average molecular weight is 265 g/mol. The summed E-state index contributed by atoms with van der Waals surface area (Å²) < 4.78 is 0. The van der Waals surface area contributed by atoms with Gasteiger partial charge in [-0.25, -0.2) is 4.79 Å². The van der Waals surface area contributed by atoms with Crippen LogP contribution in [0.3, 0.4) is 0 Å². The maximum Gasteiger partial charge on any atom is 0.336 e. The minimum Gasteiger partial charge on any atom is -0.478 e. The van der Waals surface area contributed by atoms with Crippen LogP contribution in [0.2, 0.25) is 0 Å². The summed E-state index contributed by atoms with van der Waals surface area (Å²) in [5, 5.41) is 8.89. The second-order valence-electron chi connectivity index (χ2n) is 4.62. The number of unbranched alkanes of at least 4 members (excludes halogenated alkanes) is 1. The van der Waals surface area contributed by atoms with Gasteiger partial charge in [-0.15, -0.1) is 0 Å². The van der Waals surface area contributed by atoms with Gasteiger partial charge in [0.25, 0.3) is 0 Å². The Morgan fingerprint density at radius 2 is 1.68 bits per heavy atom. The fourth-order valence-corrected chi connectivity index (χ4v) is 1.38. The predicted molar refractivity (Wildman–Crippen MR) is 76.6 cm³/mol. The molecule has 0 radical (unpaired) electrons. The second-order valence-corrected chi connectivity index (χ2v) is 4.62. The summed E-state index contributed by atoms with van der Waals surface area (Å²) in [5.74, 6) is -1.13. The molecule has 0 saturated carbocycles. The largest absolute Gasteiger partial charge is 0.478 e. The van der Waals surface area contributed by atoms with Crippen LogP contribution in [0.5, 0.6) is 0 Å². The zero-order valence-corrected chi connectivity index (χ0v) is 11.8. The summed E-state index contributed by atoms with van der Waals surface area (Å²) in [6, 6.07) is 6.68. The van der Waals surface area contributed by atoms with Gasteiger partial charge >= 0.3 is 5.97 Å². The first-order valence-corrected chi connectivity index (χ1v) is 6.51. The molecule has 0 bridgehead atoms. The number of hydrogen-bond donors (Lipinski definition) is 2. The standard InChI is InChI=1S/C12H14O3.C3H9N/c1-2-3-8-11(13)9-6-4-5-7-10(9)12(14)15;1-3(2)4/h4-7H,2-3,8H2,1H3,(H,14,15);3H,4H2,1-2H3. The van der Waals surface area contributed by atoms with E-state index in [1.807, 2.05) is 20.8 Å². The lowest BCUT2D eigenvalue weighted by atomic mass is 10.0. The first kappa shape index (κ1) is 17.3. The molecule has 1 aromatic rings. The van der Waals surface area contributed by atoms with E-state index in [1.54, 1.807) is 18.2 Å². The Morgan fingerprint density at radius 3 is 2.11 bits per heavy atom. The molecule has 4 heteroatoms. The number of benzene rings is 1. The van der Waals surface area contributed by atoms with Gasteiger partial charge in [0.1, 0.15) is 0 Å². The molecular formula is C15H23NO3. The third-order valence-corrected chi connectivity index (χ3v) is 2.22. The molecule has 0 saturated heterocycles. The van der Waals surface area contributed by atoms with E-state index >= 15 is 0 Å². The van der Waals surface area contributed by atoms with Gasteiger partial charge in [-0.1, -0.05) is 45.4 Å². The number of carboxylic acids is 1. The molecule has 0 aliphatic heterocycles. The van der Waals surface area contributed by atoms with E-state index < -0.39 is 5.97 Å². The van der Waals surface area contributed by atoms with Gasteiger partial charge in [-0.05, 0) is 18.5 Å². The van der Waals surface area contributed by atoms with Crippen molar-refractivity contribution in [1.82, 2.24) is 0 Å². The quantitative estimate of drug-likeness (QED) is 0.801. The highest BCUT2D eigenvalue weighted by molar-refractivity contribution is 6.05. The van der Waals surface area contributed by atoms with Gasteiger partial charge in [0.05, 0.1) is 5.56 Å². The maximum atomic E-state index is 11.7. The molecule has 0 atom stereocenters. The van der Waals surface area contributed by atoms with Crippen molar-refractivity contribution in [2.75, 3.05) is 0 Å².